The lowest BCUT2D eigenvalue weighted by atomic mass is 10.2. The van der Waals surface area contributed by atoms with Gasteiger partial charge in [-0.05, 0) is 6.42 Å². The first-order chi connectivity index (χ1) is 3.81. The Balaban J connectivity index is 3.18. The van der Waals surface area contributed by atoms with Gasteiger partial charge in [0.05, 0.1) is 0 Å². The van der Waals surface area contributed by atoms with Gasteiger partial charge in [-0.15, -0.1) is 0 Å². The van der Waals surface area contributed by atoms with Crippen LogP contribution in [0.5, 0.6) is 0 Å². The third kappa shape index (κ3) is 3.53. The van der Waals surface area contributed by atoms with Crippen molar-refractivity contribution in [2.24, 2.45) is 5.18 Å². The van der Waals surface area contributed by atoms with Crippen LogP contribution in [0, 0.1) is 4.91 Å². The van der Waals surface area contributed by atoms with Gasteiger partial charge < -0.3 is 0 Å². The Morgan fingerprint density at radius 2 is 2.38 bits per heavy atom. The van der Waals surface area contributed by atoms with E-state index in [0.29, 0.717) is 0 Å². The second-order valence-electron chi connectivity index (χ2n) is 1.79. The van der Waals surface area contributed by atoms with Crippen LogP contribution in [0.4, 0.5) is 0 Å². The molecule has 2 heteroatoms. The highest BCUT2D eigenvalue weighted by molar-refractivity contribution is 4.95. The van der Waals surface area contributed by atoms with Gasteiger partial charge in [0.2, 0.25) is 0 Å². The molecular weight excluding hydrogens is 102 g/mol. The minimum atomic E-state index is 0.286. The molecule has 0 aliphatic rings. The molecule has 0 unspecified atom stereocenters. The summed E-state index contributed by atoms with van der Waals surface area (Å²) in [5, 5.41) is 2.70. The zero-order valence-corrected chi connectivity index (χ0v) is 5.18. The topological polar surface area (TPSA) is 29.4 Å². The molecule has 0 radical (unpaired) electrons. The summed E-state index contributed by atoms with van der Waals surface area (Å²) in [5.74, 6) is 0. The van der Waals surface area contributed by atoms with Crippen LogP contribution in [0.1, 0.15) is 19.8 Å². The van der Waals surface area contributed by atoms with E-state index in [9.17, 15) is 4.91 Å². The first kappa shape index (κ1) is 7.34. The van der Waals surface area contributed by atoms with Crippen LogP contribution in [-0.2, 0) is 0 Å². The second-order valence-corrected chi connectivity index (χ2v) is 1.79. The van der Waals surface area contributed by atoms with E-state index in [0.717, 1.165) is 18.4 Å². The fourth-order valence-corrected chi connectivity index (χ4v) is 0.524. The fraction of sp³-hybridized carbons (Fsp3) is 0.667. The maximum atomic E-state index is 9.58. The van der Waals surface area contributed by atoms with Gasteiger partial charge in [0.25, 0.3) is 0 Å². The molecule has 0 heterocycles. The summed E-state index contributed by atoms with van der Waals surface area (Å²) < 4.78 is 0. The van der Waals surface area contributed by atoms with E-state index in [1.165, 1.54) is 0 Å². The largest absolute Gasteiger partial charge is 0.150 e. The van der Waals surface area contributed by atoms with Crippen LogP contribution in [0.2, 0.25) is 0 Å². The molecule has 2 nitrogen and oxygen atoms in total. The molecule has 0 amide bonds. The van der Waals surface area contributed by atoms with Crippen molar-refractivity contribution < 1.29 is 0 Å². The Hall–Kier alpha value is -0.660. The maximum Gasteiger partial charge on any atom is 0.102 e. The number of rotatable bonds is 4. The number of nitroso groups, excluding NO2 is 1. The van der Waals surface area contributed by atoms with Crippen LogP contribution in [0.3, 0.4) is 0 Å². The zero-order chi connectivity index (χ0) is 6.41. The van der Waals surface area contributed by atoms with Crippen molar-refractivity contribution in [1.29, 1.82) is 0 Å². The summed E-state index contributed by atoms with van der Waals surface area (Å²) in [6, 6.07) is 0. The highest BCUT2D eigenvalue weighted by Gasteiger charge is 1.88. The average Bonchev–Trinajstić information content (AvgIpc) is 1.68. The van der Waals surface area contributed by atoms with E-state index in [1.807, 2.05) is 0 Å². The predicted molar refractivity (Wildman–Crippen MR) is 34.7 cm³/mol. The predicted octanol–water partition coefficient (Wildman–Crippen LogP) is 2.11. The molecule has 0 aromatic carbocycles. The summed E-state index contributed by atoms with van der Waals surface area (Å²) in [6.07, 6.45) is 1.97. The van der Waals surface area contributed by atoms with Crippen molar-refractivity contribution in [2.75, 3.05) is 6.54 Å². The molecule has 0 saturated heterocycles. The van der Waals surface area contributed by atoms with E-state index < -0.39 is 0 Å². The Kier molecular flexibility index (Phi) is 4.13. The lowest BCUT2D eigenvalue weighted by Gasteiger charge is -1.92. The van der Waals surface area contributed by atoms with E-state index in [1.54, 1.807) is 0 Å². The molecule has 0 fully saturated rings. The van der Waals surface area contributed by atoms with Crippen molar-refractivity contribution in [3.05, 3.63) is 17.1 Å². The third-order valence-corrected chi connectivity index (χ3v) is 0.892. The number of hydrogen-bond donors (Lipinski definition) is 0. The second kappa shape index (κ2) is 4.50. The van der Waals surface area contributed by atoms with Gasteiger partial charge in [0.15, 0.2) is 0 Å². The van der Waals surface area contributed by atoms with Crippen LogP contribution in [-0.4, -0.2) is 6.54 Å². The Morgan fingerprint density at radius 3 is 2.75 bits per heavy atom. The highest BCUT2D eigenvalue weighted by Crippen LogP contribution is 2.00. The quantitative estimate of drug-likeness (QED) is 0.405. The van der Waals surface area contributed by atoms with Crippen molar-refractivity contribution >= 4 is 0 Å². The summed E-state index contributed by atoms with van der Waals surface area (Å²) in [4.78, 5) is 9.58. The van der Waals surface area contributed by atoms with E-state index in [2.05, 4.69) is 18.7 Å². The maximum absolute atomic E-state index is 9.58. The molecule has 8 heavy (non-hydrogen) atoms. The zero-order valence-electron chi connectivity index (χ0n) is 5.18. The standard InChI is InChI=1S/C6H11NO/c1-3-4-6(2)5-7-8/h2-5H2,1H3. The Labute approximate surface area is 49.6 Å². The number of hydrogen-bond acceptors (Lipinski definition) is 2. The minimum Gasteiger partial charge on any atom is -0.150 e. The lowest BCUT2D eigenvalue weighted by molar-refractivity contribution is 0.877. The van der Waals surface area contributed by atoms with Gasteiger partial charge in [0.1, 0.15) is 6.54 Å². The normalized spacial score (nSPS) is 8.62. The Morgan fingerprint density at radius 1 is 1.75 bits per heavy atom. The van der Waals surface area contributed by atoms with E-state index >= 15 is 0 Å². The molecular formula is C6H11NO. The Bertz CT molecular complexity index is 88.5. The summed E-state index contributed by atoms with van der Waals surface area (Å²) in [6.45, 7) is 5.98. The van der Waals surface area contributed by atoms with Gasteiger partial charge >= 0.3 is 0 Å². The summed E-state index contributed by atoms with van der Waals surface area (Å²) in [5.41, 5.74) is 0.933. The molecule has 0 bridgehead atoms. The van der Waals surface area contributed by atoms with Crippen molar-refractivity contribution in [1.82, 2.24) is 0 Å². The van der Waals surface area contributed by atoms with Crippen molar-refractivity contribution in [2.45, 2.75) is 19.8 Å². The third-order valence-electron chi connectivity index (χ3n) is 0.892. The van der Waals surface area contributed by atoms with Crippen LogP contribution in [0.15, 0.2) is 17.3 Å². The van der Waals surface area contributed by atoms with Gasteiger partial charge in [-0.25, -0.2) is 0 Å². The van der Waals surface area contributed by atoms with Gasteiger partial charge in [-0.2, -0.15) is 4.91 Å². The lowest BCUT2D eigenvalue weighted by Crippen LogP contribution is -1.83. The van der Waals surface area contributed by atoms with Crippen LogP contribution >= 0.6 is 0 Å². The molecule has 0 aliphatic carbocycles. The SMILES string of the molecule is C=C(CCC)CN=O. The molecule has 0 N–H and O–H groups in total. The number of nitrogens with zero attached hydrogens (tertiary/aromatic N) is 1. The molecule has 0 atom stereocenters. The first-order valence-corrected chi connectivity index (χ1v) is 2.77. The average molecular weight is 113 g/mol. The highest BCUT2D eigenvalue weighted by atomic mass is 16.3. The molecule has 0 aromatic heterocycles. The molecule has 46 valence electrons. The van der Waals surface area contributed by atoms with E-state index in [4.69, 9.17) is 0 Å². The molecule has 0 rings (SSSR count). The van der Waals surface area contributed by atoms with Gasteiger partial charge in [-0.3, -0.25) is 0 Å². The van der Waals surface area contributed by atoms with Crippen molar-refractivity contribution in [3.8, 4) is 0 Å². The molecule has 0 saturated carbocycles. The van der Waals surface area contributed by atoms with E-state index in [-0.39, 0.29) is 6.54 Å². The first-order valence-electron chi connectivity index (χ1n) is 2.77. The monoisotopic (exact) mass is 113 g/mol. The summed E-state index contributed by atoms with van der Waals surface area (Å²) >= 11 is 0. The fourth-order valence-electron chi connectivity index (χ4n) is 0.524. The van der Waals surface area contributed by atoms with Gasteiger partial charge in [0, 0.05) is 0 Å². The molecule has 0 spiro atoms. The smallest absolute Gasteiger partial charge is 0.102 e. The molecule has 0 aromatic rings. The van der Waals surface area contributed by atoms with Crippen LogP contribution in [0.25, 0.3) is 0 Å². The molecule has 0 aliphatic heterocycles. The van der Waals surface area contributed by atoms with Gasteiger partial charge in [-0.1, -0.05) is 30.7 Å². The van der Waals surface area contributed by atoms with Crippen LogP contribution < -0.4 is 0 Å². The minimum absolute atomic E-state index is 0.286. The van der Waals surface area contributed by atoms with Crippen molar-refractivity contribution in [3.63, 3.8) is 0 Å². The summed E-state index contributed by atoms with van der Waals surface area (Å²) in [7, 11) is 0.